The average molecular weight is 475 g/mol. The first kappa shape index (κ1) is 21.4. The second kappa shape index (κ2) is 9.21. The molecule has 5 aromatic rings. The largest absolute Gasteiger partial charge is 0.420 e. The molecule has 0 spiro atoms. The zero-order chi connectivity index (χ0) is 22.8. The highest BCUT2D eigenvalue weighted by molar-refractivity contribution is 7.98. The highest BCUT2D eigenvalue weighted by Crippen LogP contribution is 2.25. The highest BCUT2D eigenvalue weighted by Gasteiger charge is 2.15. The predicted molar refractivity (Wildman–Crippen MR) is 131 cm³/mol. The molecule has 0 atom stereocenters. The number of aromatic nitrogens is 4. The van der Waals surface area contributed by atoms with E-state index < -0.39 is 0 Å². The first-order chi connectivity index (χ1) is 16.1. The Hall–Kier alpha value is -3.42. The third kappa shape index (κ3) is 4.69. The van der Waals surface area contributed by atoms with Crippen molar-refractivity contribution >= 4 is 34.3 Å². The molecule has 0 fully saturated rings. The maximum absolute atomic E-state index is 13.3. The third-order valence-electron chi connectivity index (χ3n) is 5.17. The summed E-state index contributed by atoms with van der Waals surface area (Å²) in [5, 5.41) is 10.1. The van der Waals surface area contributed by atoms with Crippen molar-refractivity contribution < 1.29 is 4.42 Å². The molecule has 6 nitrogen and oxygen atoms in total. The number of thioether (sulfide) groups is 1. The van der Waals surface area contributed by atoms with Crippen molar-refractivity contribution in [3.05, 3.63) is 105 Å². The SMILES string of the molecule is Cc1ccc(Cn2c(SCc3nnc(-c4ccc(Cl)cc4)o3)nc3ccccc3c2=O)cc1. The minimum atomic E-state index is -0.0731. The van der Waals surface area contributed by atoms with Gasteiger partial charge in [0.25, 0.3) is 5.56 Å². The number of halogens is 1. The van der Waals surface area contributed by atoms with Gasteiger partial charge in [-0.1, -0.05) is 65.3 Å². The first-order valence-corrected chi connectivity index (χ1v) is 11.7. The summed E-state index contributed by atoms with van der Waals surface area (Å²) in [6.45, 7) is 2.47. The minimum Gasteiger partial charge on any atom is -0.420 e. The summed E-state index contributed by atoms with van der Waals surface area (Å²) in [6.07, 6.45) is 0. The van der Waals surface area contributed by atoms with Crippen LogP contribution in [0.15, 0.2) is 87.2 Å². The van der Waals surface area contributed by atoms with Crippen molar-refractivity contribution in [3.63, 3.8) is 0 Å². The van der Waals surface area contributed by atoms with E-state index in [1.54, 1.807) is 22.8 Å². The van der Waals surface area contributed by atoms with Crippen LogP contribution in [0.3, 0.4) is 0 Å². The van der Waals surface area contributed by atoms with Gasteiger partial charge in [0.05, 0.1) is 23.2 Å². The van der Waals surface area contributed by atoms with E-state index in [1.807, 2.05) is 61.5 Å². The fourth-order valence-electron chi connectivity index (χ4n) is 3.42. The van der Waals surface area contributed by atoms with Crippen molar-refractivity contribution in [1.82, 2.24) is 19.7 Å². The molecule has 33 heavy (non-hydrogen) atoms. The number of hydrogen-bond donors (Lipinski definition) is 0. The summed E-state index contributed by atoms with van der Waals surface area (Å²) in [7, 11) is 0. The molecule has 0 unspecified atom stereocenters. The Bertz CT molecular complexity index is 1480. The summed E-state index contributed by atoms with van der Waals surface area (Å²) >= 11 is 7.35. The standard InChI is InChI=1S/C25H19ClN4O2S/c1-16-6-8-17(9-7-16)14-30-24(31)20-4-2-3-5-21(20)27-25(30)33-15-22-28-29-23(32-22)18-10-12-19(26)13-11-18/h2-13H,14-15H2,1H3. The Morgan fingerprint density at radius 1 is 0.970 bits per heavy atom. The van der Waals surface area contributed by atoms with Gasteiger partial charge in [-0.25, -0.2) is 4.98 Å². The van der Waals surface area contributed by atoms with E-state index in [0.717, 1.165) is 11.1 Å². The van der Waals surface area contributed by atoms with Crippen LogP contribution in [-0.4, -0.2) is 19.7 Å². The number of benzene rings is 3. The lowest BCUT2D eigenvalue weighted by molar-refractivity contribution is 0.528. The predicted octanol–water partition coefficient (Wildman–Crippen LogP) is 5.75. The number of aryl methyl sites for hydroxylation is 1. The van der Waals surface area contributed by atoms with Crippen LogP contribution >= 0.6 is 23.4 Å². The topological polar surface area (TPSA) is 73.8 Å². The summed E-state index contributed by atoms with van der Waals surface area (Å²) < 4.78 is 7.52. The van der Waals surface area contributed by atoms with Crippen LogP contribution in [0.2, 0.25) is 5.02 Å². The van der Waals surface area contributed by atoms with Crippen LogP contribution in [0.4, 0.5) is 0 Å². The fourth-order valence-corrected chi connectivity index (χ4v) is 4.38. The summed E-state index contributed by atoms with van der Waals surface area (Å²) in [5.41, 5.74) is 3.59. The van der Waals surface area contributed by atoms with Crippen LogP contribution in [0.25, 0.3) is 22.4 Å². The Morgan fingerprint density at radius 3 is 2.52 bits per heavy atom. The van der Waals surface area contributed by atoms with Gasteiger partial charge in [-0.15, -0.1) is 10.2 Å². The molecule has 3 aromatic carbocycles. The maximum Gasteiger partial charge on any atom is 0.262 e. The van der Waals surface area contributed by atoms with Crippen LogP contribution in [0.1, 0.15) is 17.0 Å². The van der Waals surface area contributed by atoms with Crippen molar-refractivity contribution in [3.8, 4) is 11.5 Å². The van der Waals surface area contributed by atoms with E-state index in [-0.39, 0.29) is 5.56 Å². The molecule has 0 aliphatic carbocycles. The Balaban J connectivity index is 1.45. The second-order valence-corrected chi connectivity index (χ2v) is 8.96. The van der Waals surface area contributed by atoms with Crippen LogP contribution in [-0.2, 0) is 12.3 Å². The van der Waals surface area contributed by atoms with Crippen LogP contribution < -0.4 is 5.56 Å². The first-order valence-electron chi connectivity index (χ1n) is 10.3. The molecule has 0 N–H and O–H groups in total. The summed E-state index contributed by atoms with van der Waals surface area (Å²) in [5.74, 6) is 1.26. The molecule has 8 heteroatoms. The lowest BCUT2D eigenvalue weighted by atomic mass is 10.1. The van der Waals surface area contributed by atoms with E-state index in [9.17, 15) is 4.79 Å². The van der Waals surface area contributed by atoms with Gasteiger partial charge in [0.2, 0.25) is 11.8 Å². The zero-order valence-corrected chi connectivity index (χ0v) is 19.3. The zero-order valence-electron chi connectivity index (χ0n) is 17.7. The molecular weight excluding hydrogens is 456 g/mol. The Kier molecular flexibility index (Phi) is 5.98. The molecule has 0 saturated carbocycles. The molecule has 0 radical (unpaired) electrons. The van der Waals surface area contributed by atoms with E-state index in [2.05, 4.69) is 10.2 Å². The highest BCUT2D eigenvalue weighted by atomic mass is 35.5. The van der Waals surface area contributed by atoms with E-state index >= 15 is 0 Å². The molecule has 0 saturated heterocycles. The number of rotatable bonds is 6. The smallest absolute Gasteiger partial charge is 0.262 e. The van der Waals surface area contributed by atoms with Gasteiger partial charge in [0, 0.05) is 10.6 Å². The van der Waals surface area contributed by atoms with Gasteiger partial charge in [-0.3, -0.25) is 9.36 Å². The molecule has 2 heterocycles. The van der Waals surface area contributed by atoms with Gasteiger partial charge < -0.3 is 4.42 Å². The van der Waals surface area contributed by atoms with E-state index in [4.69, 9.17) is 21.0 Å². The second-order valence-electron chi connectivity index (χ2n) is 7.58. The molecule has 0 aliphatic rings. The van der Waals surface area contributed by atoms with Crippen molar-refractivity contribution in [1.29, 1.82) is 0 Å². The molecule has 0 amide bonds. The van der Waals surface area contributed by atoms with Crippen molar-refractivity contribution in [2.24, 2.45) is 0 Å². The number of fused-ring (bicyclic) bond motifs is 1. The Labute approximate surface area is 199 Å². The van der Waals surface area contributed by atoms with Gasteiger partial charge >= 0.3 is 0 Å². The van der Waals surface area contributed by atoms with E-state index in [1.165, 1.54) is 17.3 Å². The van der Waals surface area contributed by atoms with E-state index in [0.29, 0.717) is 45.2 Å². The lowest BCUT2D eigenvalue weighted by Gasteiger charge is -2.13. The summed E-state index contributed by atoms with van der Waals surface area (Å²) in [6, 6.07) is 22.7. The molecular formula is C25H19ClN4O2S. The minimum absolute atomic E-state index is 0.0731. The third-order valence-corrected chi connectivity index (χ3v) is 6.38. The van der Waals surface area contributed by atoms with Crippen LogP contribution in [0.5, 0.6) is 0 Å². The number of para-hydroxylation sites is 1. The molecule has 164 valence electrons. The monoisotopic (exact) mass is 474 g/mol. The van der Waals surface area contributed by atoms with Crippen molar-refractivity contribution in [2.45, 2.75) is 24.4 Å². The summed E-state index contributed by atoms with van der Waals surface area (Å²) in [4.78, 5) is 18.1. The number of nitrogens with zero attached hydrogens (tertiary/aromatic N) is 4. The van der Waals surface area contributed by atoms with Gasteiger partial charge in [0.1, 0.15) is 0 Å². The Morgan fingerprint density at radius 2 is 1.73 bits per heavy atom. The quantitative estimate of drug-likeness (QED) is 0.230. The molecule has 2 aromatic heterocycles. The van der Waals surface area contributed by atoms with Gasteiger partial charge in [-0.05, 0) is 48.9 Å². The molecule has 0 bridgehead atoms. The number of hydrogen-bond acceptors (Lipinski definition) is 6. The van der Waals surface area contributed by atoms with Gasteiger partial charge in [0.15, 0.2) is 5.16 Å². The van der Waals surface area contributed by atoms with Crippen molar-refractivity contribution in [2.75, 3.05) is 0 Å². The van der Waals surface area contributed by atoms with Crippen LogP contribution in [0, 0.1) is 6.92 Å². The maximum atomic E-state index is 13.3. The normalized spacial score (nSPS) is 11.2. The lowest BCUT2D eigenvalue weighted by Crippen LogP contribution is -2.24. The molecule has 0 aliphatic heterocycles. The fraction of sp³-hybridized carbons (Fsp3) is 0.120. The molecule has 5 rings (SSSR count). The average Bonchev–Trinajstić information content (AvgIpc) is 3.30. The van der Waals surface area contributed by atoms with Gasteiger partial charge in [-0.2, -0.15) is 0 Å².